The summed E-state index contributed by atoms with van der Waals surface area (Å²) in [5, 5.41) is 2.09. The lowest BCUT2D eigenvalue weighted by Gasteiger charge is -2.18. The molecule has 0 saturated carbocycles. The van der Waals surface area contributed by atoms with Gasteiger partial charge in [0.25, 0.3) is 5.91 Å². The maximum absolute atomic E-state index is 12.9. The van der Waals surface area contributed by atoms with Gasteiger partial charge in [-0.3, -0.25) is 4.79 Å². The standard InChI is InChI=1S/C18H14F3NO5/c19-18(20,21)12-3-1-2-4-13(12)22-16(23)10-27-17(24)11-5-6-14-15(9-11)26-8-7-25-14/h1-6,9H,7-8,10H2,(H,22,23). The van der Waals surface area contributed by atoms with Crippen LogP contribution in [0.15, 0.2) is 42.5 Å². The fourth-order valence-corrected chi connectivity index (χ4v) is 2.41. The first-order valence-electron chi connectivity index (χ1n) is 7.87. The molecule has 0 spiro atoms. The SMILES string of the molecule is O=C(COC(=O)c1ccc2c(c1)OCCO2)Nc1ccccc1C(F)(F)F. The molecule has 1 amide bonds. The van der Waals surface area contributed by atoms with E-state index in [4.69, 9.17) is 14.2 Å². The van der Waals surface area contributed by atoms with E-state index in [0.717, 1.165) is 12.1 Å². The molecule has 142 valence electrons. The molecule has 1 heterocycles. The quantitative estimate of drug-likeness (QED) is 0.823. The number of amides is 1. The fourth-order valence-electron chi connectivity index (χ4n) is 2.41. The molecule has 2 aromatic carbocycles. The third-order valence-electron chi connectivity index (χ3n) is 3.62. The van der Waals surface area contributed by atoms with Crippen molar-refractivity contribution in [1.29, 1.82) is 0 Å². The van der Waals surface area contributed by atoms with Gasteiger partial charge < -0.3 is 19.5 Å². The number of ether oxygens (including phenoxy) is 3. The molecule has 0 bridgehead atoms. The highest BCUT2D eigenvalue weighted by atomic mass is 19.4. The summed E-state index contributed by atoms with van der Waals surface area (Å²) in [6, 6.07) is 8.90. The van der Waals surface area contributed by atoms with Gasteiger partial charge in [-0.2, -0.15) is 13.2 Å². The number of hydrogen-bond acceptors (Lipinski definition) is 5. The number of para-hydroxylation sites is 1. The molecule has 0 radical (unpaired) electrons. The molecular weight excluding hydrogens is 367 g/mol. The van der Waals surface area contributed by atoms with E-state index in [1.807, 2.05) is 0 Å². The zero-order valence-corrected chi connectivity index (χ0v) is 13.8. The van der Waals surface area contributed by atoms with Crippen LogP contribution in [0.3, 0.4) is 0 Å². The van der Waals surface area contributed by atoms with E-state index >= 15 is 0 Å². The lowest BCUT2D eigenvalue weighted by Crippen LogP contribution is -2.23. The molecule has 1 aliphatic heterocycles. The van der Waals surface area contributed by atoms with Crippen LogP contribution in [0.2, 0.25) is 0 Å². The van der Waals surface area contributed by atoms with Gasteiger partial charge in [0.15, 0.2) is 18.1 Å². The van der Waals surface area contributed by atoms with Gasteiger partial charge in [-0.25, -0.2) is 4.79 Å². The molecule has 0 atom stereocenters. The number of hydrogen-bond donors (Lipinski definition) is 1. The predicted molar refractivity (Wildman–Crippen MR) is 87.8 cm³/mol. The van der Waals surface area contributed by atoms with Crippen molar-refractivity contribution >= 4 is 17.6 Å². The van der Waals surface area contributed by atoms with Crippen molar-refractivity contribution in [2.45, 2.75) is 6.18 Å². The number of rotatable bonds is 4. The molecule has 6 nitrogen and oxygen atoms in total. The second-order valence-corrected chi connectivity index (χ2v) is 5.53. The molecule has 9 heteroatoms. The van der Waals surface area contributed by atoms with Crippen molar-refractivity contribution in [2.24, 2.45) is 0 Å². The van der Waals surface area contributed by atoms with Gasteiger partial charge in [-0.1, -0.05) is 12.1 Å². The Labute approximate surface area is 151 Å². The summed E-state index contributed by atoms with van der Waals surface area (Å²) in [7, 11) is 0. The van der Waals surface area contributed by atoms with Crippen LogP contribution < -0.4 is 14.8 Å². The van der Waals surface area contributed by atoms with Crippen LogP contribution in [0.25, 0.3) is 0 Å². The monoisotopic (exact) mass is 381 g/mol. The lowest BCUT2D eigenvalue weighted by atomic mass is 10.1. The Morgan fingerprint density at radius 2 is 1.74 bits per heavy atom. The molecule has 0 saturated heterocycles. The number of carbonyl (C=O) groups is 2. The normalized spacial score (nSPS) is 13.0. The zero-order valence-electron chi connectivity index (χ0n) is 13.8. The molecule has 27 heavy (non-hydrogen) atoms. The number of carbonyl (C=O) groups excluding carboxylic acids is 2. The largest absolute Gasteiger partial charge is 0.486 e. The Morgan fingerprint density at radius 1 is 1.04 bits per heavy atom. The van der Waals surface area contributed by atoms with Crippen molar-refractivity contribution in [3.63, 3.8) is 0 Å². The molecule has 1 N–H and O–H groups in total. The first kappa shape index (κ1) is 18.6. The Bertz CT molecular complexity index is 866. The van der Waals surface area contributed by atoms with E-state index in [0.29, 0.717) is 24.7 Å². The predicted octanol–water partition coefficient (Wildman–Crippen LogP) is 3.27. The minimum atomic E-state index is -4.62. The van der Waals surface area contributed by atoms with E-state index < -0.39 is 35.9 Å². The van der Waals surface area contributed by atoms with Gasteiger partial charge in [0, 0.05) is 0 Å². The number of alkyl halides is 3. The summed E-state index contributed by atoms with van der Waals surface area (Å²) >= 11 is 0. The second-order valence-electron chi connectivity index (χ2n) is 5.53. The number of anilines is 1. The van der Waals surface area contributed by atoms with Crippen LogP contribution in [-0.2, 0) is 15.7 Å². The number of benzene rings is 2. The Kier molecular flexibility index (Phi) is 5.20. The summed E-state index contributed by atoms with van der Waals surface area (Å²) in [6.45, 7) is 0.00233. The Balaban J connectivity index is 1.61. The van der Waals surface area contributed by atoms with Gasteiger partial charge in [0.2, 0.25) is 0 Å². The maximum atomic E-state index is 12.9. The highest BCUT2D eigenvalue weighted by Crippen LogP contribution is 2.34. The third-order valence-corrected chi connectivity index (χ3v) is 3.62. The van der Waals surface area contributed by atoms with E-state index in [9.17, 15) is 22.8 Å². The van der Waals surface area contributed by atoms with Gasteiger partial charge in [-0.15, -0.1) is 0 Å². The van der Waals surface area contributed by atoms with Crippen LogP contribution in [-0.4, -0.2) is 31.7 Å². The van der Waals surface area contributed by atoms with Crippen LogP contribution in [0.5, 0.6) is 11.5 Å². The summed E-state index contributed by atoms with van der Waals surface area (Å²) in [4.78, 5) is 23.9. The average Bonchev–Trinajstić information content (AvgIpc) is 2.65. The number of esters is 1. The van der Waals surface area contributed by atoms with E-state index in [2.05, 4.69) is 5.32 Å². The summed E-state index contributed by atoms with van der Waals surface area (Å²) in [5.41, 5.74) is -1.27. The Morgan fingerprint density at radius 3 is 2.48 bits per heavy atom. The van der Waals surface area contributed by atoms with Crippen molar-refractivity contribution in [3.05, 3.63) is 53.6 Å². The van der Waals surface area contributed by atoms with Crippen molar-refractivity contribution < 1.29 is 37.0 Å². The van der Waals surface area contributed by atoms with Gasteiger partial charge in [-0.05, 0) is 30.3 Å². The number of fused-ring (bicyclic) bond motifs is 1. The smallest absolute Gasteiger partial charge is 0.418 e. The van der Waals surface area contributed by atoms with Gasteiger partial charge >= 0.3 is 12.1 Å². The van der Waals surface area contributed by atoms with Crippen LogP contribution >= 0.6 is 0 Å². The first-order valence-corrected chi connectivity index (χ1v) is 7.87. The summed E-state index contributed by atoms with van der Waals surface area (Å²) in [5.74, 6) is -0.845. The molecular formula is C18H14F3NO5. The average molecular weight is 381 g/mol. The first-order chi connectivity index (χ1) is 12.8. The van der Waals surface area contributed by atoms with Gasteiger partial charge in [0.05, 0.1) is 16.8 Å². The Hall–Kier alpha value is -3.23. The zero-order chi connectivity index (χ0) is 19.4. The van der Waals surface area contributed by atoms with E-state index in [1.54, 1.807) is 0 Å². The molecule has 0 aliphatic carbocycles. The van der Waals surface area contributed by atoms with Crippen LogP contribution in [0, 0.1) is 0 Å². The second kappa shape index (κ2) is 7.56. The van der Waals surface area contributed by atoms with Gasteiger partial charge in [0.1, 0.15) is 13.2 Å². The molecule has 0 unspecified atom stereocenters. The summed E-state index contributed by atoms with van der Waals surface area (Å²) in [6.07, 6.45) is -4.62. The molecule has 0 aromatic heterocycles. The van der Waals surface area contributed by atoms with E-state index in [1.165, 1.54) is 30.3 Å². The molecule has 3 rings (SSSR count). The molecule has 2 aromatic rings. The van der Waals surface area contributed by atoms with Crippen LogP contribution in [0.1, 0.15) is 15.9 Å². The minimum absolute atomic E-state index is 0.128. The lowest BCUT2D eigenvalue weighted by molar-refractivity contribution is -0.137. The maximum Gasteiger partial charge on any atom is 0.418 e. The fraction of sp³-hybridized carbons (Fsp3) is 0.222. The van der Waals surface area contributed by atoms with E-state index in [-0.39, 0.29) is 5.56 Å². The summed E-state index contributed by atoms with van der Waals surface area (Å²) < 4.78 is 54.3. The number of halogens is 3. The molecule has 0 fully saturated rings. The topological polar surface area (TPSA) is 73.9 Å². The number of nitrogens with one attached hydrogen (secondary N) is 1. The minimum Gasteiger partial charge on any atom is -0.486 e. The van der Waals surface area contributed by atoms with Crippen molar-refractivity contribution in [2.75, 3.05) is 25.1 Å². The van der Waals surface area contributed by atoms with Crippen molar-refractivity contribution in [1.82, 2.24) is 0 Å². The molecule has 1 aliphatic rings. The third kappa shape index (κ3) is 4.49. The van der Waals surface area contributed by atoms with Crippen LogP contribution in [0.4, 0.5) is 18.9 Å². The highest BCUT2D eigenvalue weighted by molar-refractivity contribution is 5.96. The highest BCUT2D eigenvalue weighted by Gasteiger charge is 2.33. The van der Waals surface area contributed by atoms with Crippen molar-refractivity contribution in [3.8, 4) is 11.5 Å².